The van der Waals surface area contributed by atoms with Crippen LogP contribution >= 0.6 is 0 Å². The van der Waals surface area contributed by atoms with Crippen molar-refractivity contribution in [3.05, 3.63) is 51.6 Å². The van der Waals surface area contributed by atoms with Gasteiger partial charge in [0.2, 0.25) is 5.78 Å². The number of phenols is 2. The Kier molecular flexibility index (Phi) is 8.73. The van der Waals surface area contributed by atoms with Crippen molar-refractivity contribution in [2.45, 2.75) is 82.3 Å². The van der Waals surface area contributed by atoms with Crippen molar-refractivity contribution in [2.75, 3.05) is 20.2 Å². The topological polar surface area (TPSA) is 210 Å². The number of phenolic OH excluding ortho intramolecular Hbond substituents is 2. The summed E-state index contributed by atoms with van der Waals surface area (Å²) in [7, 11) is 1.34. The molecule has 0 spiro atoms. The number of aromatic hydroxyl groups is 2. The smallest absolute Gasteiger partial charge is 0.252 e. The lowest BCUT2D eigenvalue weighted by Crippen LogP contribution is -2.54. The molecule has 4 unspecified atom stereocenters. The first-order valence-corrected chi connectivity index (χ1v) is 14.6. The maximum Gasteiger partial charge on any atom is 0.252 e. The predicted molar refractivity (Wildman–Crippen MR) is 156 cm³/mol. The SMILES string of the molecule is COc1cccc2c1C(=O)c1c(O)c3c(c(O)c1C2=O)C[C@@](O)(C(=O)NCCNC(C)C)C[C@@H]3OC1CC(N)C(O)C(C)O1. The van der Waals surface area contributed by atoms with E-state index in [1.807, 2.05) is 13.8 Å². The summed E-state index contributed by atoms with van der Waals surface area (Å²) >= 11 is 0. The first-order chi connectivity index (χ1) is 20.8. The molecule has 2 aromatic carbocycles. The monoisotopic (exact) mass is 613 g/mol. The van der Waals surface area contributed by atoms with Gasteiger partial charge in [0.25, 0.3) is 5.91 Å². The molecule has 2 aromatic rings. The molecule has 8 N–H and O–H groups in total. The van der Waals surface area contributed by atoms with Crippen molar-refractivity contribution >= 4 is 17.5 Å². The molecule has 1 fully saturated rings. The van der Waals surface area contributed by atoms with Crippen molar-refractivity contribution in [1.82, 2.24) is 10.6 Å². The van der Waals surface area contributed by atoms with Crippen molar-refractivity contribution in [3.8, 4) is 17.2 Å². The van der Waals surface area contributed by atoms with Crippen molar-refractivity contribution in [1.29, 1.82) is 0 Å². The van der Waals surface area contributed by atoms with Crippen LogP contribution in [0.25, 0.3) is 0 Å². The zero-order valence-corrected chi connectivity index (χ0v) is 25.0. The van der Waals surface area contributed by atoms with Crippen LogP contribution in [0.3, 0.4) is 0 Å². The van der Waals surface area contributed by atoms with Gasteiger partial charge in [-0.3, -0.25) is 14.4 Å². The molecular formula is C31H39N3O10. The fourth-order valence-electron chi connectivity index (χ4n) is 6.27. The minimum atomic E-state index is -2.14. The Balaban J connectivity index is 1.60. The highest BCUT2D eigenvalue weighted by atomic mass is 16.7. The Morgan fingerprint density at radius 3 is 2.50 bits per heavy atom. The molecule has 1 saturated heterocycles. The van der Waals surface area contributed by atoms with Crippen molar-refractivity contribution in [3.63, 3.8) is 0 Å². The number of nitrogens with two attached hydrogens (primary N) is 1. The quantitative estimate of drug-likeness (QED) is 0.137. The van der Waals surface area contributed by atoms with Gasteiger partial charge in [0.05, 0.1) is 42.1 Å². The summed E-state index contributed by atoms with van der Waals surface area (Å²) in [6.45, 7) is 6.14. The van der Waals surface area contributed by atoms with Crippen LogP contribution in [0.5, 0.6) is 17.2 Å². The Bertz CT molecular complexity index is 1480. The standard InChI is InChI=1S/C31H39N3O10/c1-13(2)33-8-9-34-30(40)31(41)11-16-22(19(12-31)44-20-10-17(32)25(35)14(3)43-20)29(39)24-23(27(16)37)26(36)15-6-5-7-18(42-4)21(15)28(24)38/h5-7,13-14,17,19-20,25,33,35,37,39,41H,8-12,32H2,1-4H3,(H,34,40)/t14?,17?,19-,20?,25?,31-/m0/s1. The fraction of sp³-hybridized carbons (Fsp3) is 0.516. The average Bonchev–Trinajstić information content (AvgIpc) is 2.97. The largest absolute Gasteiger partial charge is 0.507 e. The van der Waals surface area contributed by atoms with Gasteiger partial charge < -0.3 is 51.0 Å². The van der Waals surface area contributed by atoms with Crippen molar-refractivity contribution in [2.24, 2.45) is 5.73 Å². The lowest BCUT2D eigenvalue weighted by molar-refractivity contribution is -0.247. The number of carbonyl (C=O) groups is 3. The normalized spacial score (nSPS) is 27.9. The highest BCUT2D eigenvalue weighted by Gasteiger charge is 2.50. The summed E-state index contributed by atoms with van der Waals surface area (Å²) in [5.41, 5.74) is 2.81. The number of amides is 1. The third kappa shape index (κ3) is 5.44. The van der Waals surface area contributed by atoms with Gasteiger partial charge in [-0.1, -0.05) is 26.0 Å². The van der Waals surface area contributed by atoms with Crippen LogP contribution in [0.4, 0.5) is 0 Å². The number of methoxy groups -OCH3 is 1. The van der Waals surface area contributed by atoms with Gasteiger partial charge in [0.1, 0.15) is 22.8 Å². The molecule has 3 aliphatic rings. The van der Waals surface area contributed by atoms with Crippen LogP contribution in [0.1, 0.15) is 82.7 Å². The van der Waals surface area contributed by atoms with Gasteiger partial charge in [-0.05, 0) is 13.0 Å². The average molecular weight is 614 g/mol. The second-order valence-corrected chi connectivity index (χ2v) is 11.9. The highest BCUT2D eigenvalue weighted by molar-refractivity contribution is 6.31. The Hall–Kier alpha value is -3.59. The molecule has 44 heavy (non-hydrogen) atoms. The minimum absolute atomic E-state index is 0.0251. The van der Waals surface area contributed by atoms with E-state index in [2.05, 4.69) is 10.6 Å². The molecule has 6 atom stereocenters. The lowest BCUT2D eigenvalue weighted by atomic mass is 9.72. The zero-order valence-electron chi connectivity index (χ0n) is 25.0. The number of fused-ring (bicyclic) bond motifs is 3. The highest BCUT2D eigenvalue weighted by Crippen LogP contribution is 2.52. The molecule has 0 radical (unpaired) electrons. The van der Waals surface area contributed by atoms with E-state index < -0.39 is 82.8 Å². The fourth-order valence-corrected chi connectivity index (χ4v) is 6.27. The summed E-state index contributed by atoms with van der Waals surface area (Å²) in [6, 6.07) is 3.91. The molecule has 0 saturated carbocycles. The molecule has 13 nitrogen and oxygen atoms in total. The molecule has 1 amide bonds. The maximum atomic E-state index is 13.8. The summed E-state index contributed by atoms with van der Waals surface area (Å²) in [5, 5.41) is 51.1. The van der Waals surface area contributed by atoms with Crippen LogP contribution in [0, 0.1) is 0 Å². The number of rotatable bonds is 8. The molecule has 5 rings (SSSR count). The lowest BCUT2D eigenvalue weighted by Gasteiger charge is -2.42. The molecule has 1 aliphatic heterocycles. The number of benzene rings is 2. The Morgan fingerprint density at radius 2 is 1.84 bits per heavy atom. The van der Waals surface area contributed by atoms with Gasteiger partial charge in [-0.15, -0.1) is 0 Å². The predicted octanol–water partition coefficient (Wildman–Crippen LogP) is 0.554. The van der Waals surface area contributed by atoms with Crippen LogP contribution < -0.4 is 21.1 Å². The van der Waals surface area contributed by atoms with E-state index in [4.69, 9.17) is 19.9 Å². The summed E-state index contributed by atoms with van der Waals surface area (Å²) < 4.78 is 17.3. The Morgan fingerprint density at radius 1 is 1.14 bits per heavy atom. The van der Waals surface area contributed by atoms with Gasteiger partial charge in [-0.25, -0.2) is 0 Å². The van der Waals surface area contributed by atoms with E-state index in [1.165, 1.54) is 25.3 Å². The molecule has 13 heteroatoms. The molecule has 238 valence electrons. The Labute approximate surface area is 254 Å². The molecule has 0 aromatic heterocycles. The van der Waals surface area contributed by atoms with Gasteiger partial charge in [0.15, 0.2) is 12.1 Å². The van der Waals surface area contributed by atoms with E-state index in [9.17, 15) is 34.8 Å². The van der Waals surface area contributed by atoms with Crippen LogP contribution in [-0.4, -0.2) is 94.3 Å². The molecule has 0 bridgehead atoms. The third-order valence-electron chi connectivity index (χ3n) is 8.53. The summed E-state index contributed by atoms with van der Waals surface area (Å²) in [5.74, 6) is -3.38. The number of ether oxygens (including phenoxy) is 3. The first-order valence-electron chi connectivity index (χ1n) is 14.6. The van der Waals surface area contributed by atoms with E-state index in [0.29, 0.717) is 6.54 Å². The summed E-state index contributed by atoms with van der Waals surface area (Å²) in [6.07, 6.45) is -4.81. The van der Waals surface area contributed by atoms with Crippen LogP contribution in [0.2, 0.25) is 0 Å². The second kappa shape index (κ2) is 12.1. The number of ketones is 2. The number of hydrogen-bond donors (Lipinski definition) is 7. The molecule has 1 heterocycles. The third-order valence-corrected chi connectivity index (χ3v) is 8.53. The first kappa shape index (κ1) is 31.8. The number of hydrogen-bond acceptors (Lipinski definition) is 12. The van der Waals surface area contributed by atoms with Crippen LogP contribution in [-0.2, 0) is 20.7 Å². The minimum Gasteiger partial charge on any atom is -0.507 e. The maximum absolute atomic E-state index is 13.8. The van der Waals surface area contributed by atoms with E-state index >= 15 is 0 Å². The van der Waals surface area contributed by atoms with Crippen LogP contribution in [0.15, 0.2) is 18.2 Å². The number of aliphatic hydroxyl groups excluding tert-OH is 1. The number of nitrogens with one attached hydrogen (secondary N) is 2. The van der Waals surface area contributed by atoms with E-state index in [0.717, 1.165) is 0 Å². The van der Waals surface area contributed by atoms with Crippen molar-refractivity contribution < 1.29 is 49.0 Å². The number of aliphatic hydroxyl groups is 2. The van der Waals surface area contributed by atoms with Gasteiger partial charge in [0, 0.05) is 61.1 Å². The van der Waals surface area contributed by atoms with Gasteiger partial charge >= 0.3 is 0 Å². The summed E-state index contributed by atoms with van der Waals surface area (Å²) in [4.78, 5) is 40.9. The zero-order chi connectivity index (χ0) is 32.1. The van der Waals surface area contributed by atoms with E-state index in [1.54, 1.807) is 6.92 Å². The molecule has 2 aliphatic carbocycles. The molecular weight excluding hydrogens is 574 g/mol. The van der Waals surface area contributed by atoms with E-state index in [-0.39, 0.29) is 53.4 Å². The second-order valence-electron chi connectivity index (χ2n) is 11.9. The number of carbonyl (C=O) groups excluding carboxylic acids is 3. The van der Waals surface area contributed by atoms with Gasteiger partial charge in [-0.2, -0.15) is 0 Å².